The molecule has 150 valence electrons. The molecule has 0 saturated heterocycles. The smallest absolute Gasteiger partial charge is 0.445 e. The number of hydrogen-bond acceptors (Lipinski definition) is 5. The van der Waals surface area contributed by atoms with E-state index in [1.165, 1.54) is 6.07 Å². The second kappa shape index (κ2) is 9.34. The summed E-state index contributed by atoms with van der Waals surface area (Å²) >= 11 is 0. The van der Waals surface area contributed by atoms with E-state index in [-0.39, 0.29) is 12.2 Å². The molecule has 2 rings (SSSR count). The van der Waals surface area contributed by atoms with Gasteiger partial charge in [-0.15, -0.1) is 0 Å². The molecule has 0 fully saturated rings. The molecule has 9 heteroatoms. The molecular formula is C19H18F3NO5. The number of hydrogen-bond donors (Lipinski definition) is 3. The zero-order valence-corrected chi connectivity index (χ0v) is 14.5. The fraction of sp³-hybridized carbons (Fsp3) is 0.263. The van der Waals surface area contributed by atoms with Crippen LogP contribution in [0, 0.1) is 0 Å². The fourth-order valence-electron chi connectivity index (χ4n) is 2.32. The Morgan fingerprint density at radius 2 is 1.71 bits per heavy atom. The fourth-order valence-corrected chi connectivity index (χ4v) is 2.32. The maximum atomic E-state index is 12.5. The number of nitrogens with one attached hydrogen (secondary N) is 1. The summed E-state index contributed by atoms with van der Waals surface area (Å²) in [4.78, 5) is 22.9. The summed E-state index contributed by atoms with van der Waals surface area (Å²) in [6.07, 6.45) is -9.03. The van der Waals surface area contributed by atoms with E-state index in [4.69, 9.17) is 4.74 Å². The van der Waals surface area contributed by atoms with Crippen molar-refractivity contribution in [3.63, 3.8) is 0 Å². The van der Waals surface area contributed by atoms with Crippen molar-refractivity contribution in [2.45, 2.75) is 25.0 Å². The van der Waals surface area contributed by atoms with Crippen LogP contribution in [-0.2, 0) is 11.3 Å². The first-order chi connectivity index (χ1) is 13.2. The van der Waals surface area contributed by atoms with Crippen LogP contribution in [0.2, 0.25) is 0 Å². The number of amides is 1. The van der Waals surface area contributed by atoms with Crippen LogP contribution in [0.4, 0.5) is 18.0 Å². The summed E-state index contributed by atoms with van der Waals surface area (Å²) in [5.74, 6) is -2.06. The third kappa shape index (κ3) is 6.07. The van der Waals surface area contributed by atoms with Gasteiger partial charge in [-0.05, 0) is 17.2 Å². The highest BCUT2D eigenvalue weighted by molar-refractivity contribution is 6.00. The predicted molar refractivity (Wildman–Crippen MR) is 92.4 cm³/mol. The van der Waals surface area contributed by atoms with Crippen molar-refractivity contribution >= 4 is 11.9 Å². The summed E-state index contributed by atoms with van der Waals surface area (Å²) in [7, 11) is 0. The molecule has 28 heavy (non-hydrogen) atoms. The van der Waals surface area contributed by atoms with Gasteiger partial charge >= 0.3 is 12.3 Å². The van der Waals surface area contributed by atoms with Crippen LogP contribution < -0.4 is 5.32 Å². The molecule has 0 saturated carbocycles. The first-order valence-electron chi connectivity index (χ1n) is 8.20. The molecule has 2 unspecified atom stereocenters. The molecule has 0 heterocycles. The topological polar surface area (TPSA) is 95.9 Å². The van der Waals surface area contributed by atoms with Crippen molar-refractivity contribution < 1.29 is 37.7 Å². The lowest BCUT2D eigenvalue weighted by molar-refractivity contribution is -0.0885. The molecular weight excluding hydrogens is 379 g/mol. The number of aliphatic hydroxyl groups is 2. The van der Waals surface area contributed by atoms with Gasteiger partial charge in [-0.25, -0.2) is 4.79 Å². The van der Waals surface area contributed by atoms with E-state index in [1.54, 1.807) is 30.3 Å². The molecule has 3 N–H and O–H groups in total. The number of halogens is 3. The lowest BCUT2D eigenvalue weighted by atomic mass is 10.00. The Labute approximate surface area is 158 Å². The molecule has 0 spiro atoms. The van der Waals surface area contributed by atoms with Gasteiger partial charge in [0, 0.05) is 12.1 Å². The number of alkyl carbamates (subject to hydrolysis) is 1. The van der Waals surface area contributed by atoms with Crippen LogP contribution in [-0.4, -0.2) is 40.9 Å². The lowest BCUT2D eigenvalue weighted by Gasteiger charge is -2.19. The van der Waals surface area contributed by atoms with Crippen molar-refractivity contribution in [2.75, 3.05) is 6.54 Å². The quantitative estimate of drug-likeness (QED) is 0.625. The number of carbonyl (C=O) groups is 2. The second-order valence-corrected chi connectivity index (χ2v) is 5.91. The third-order valence-electron chi connectivity index (χ3n) is 3.78. The molecule has 0 aliphatic rings. The van der Waals surface area contributed by atoms with Crippen LogP contribution in [0.1, 0.15) is 27.6 Å². The van der Waals surface area contributed by atoms with Crippen molar-refractivity contribution in [1.29, 1.82) is 0 Å². The molecule has 2 aromatic rings. The number of ether oxygens (including phenoxy) is 1. The van der Waals surface area contributed by atoms with Crippen molar-refractivity contribution in [3.8, 4) is 0 Å². The number of Topliss-reactive ketones (excluding diaryl/α,β-unsaturated/α-hetero) is 1. The van der Waals surface area contributed by atoms with Gasteiger partial charge in [0.15, 0.2) is 0 Å². The van der Waals surface area contributed by atoms with Gasteiger partial charge in [-0.1, -0.05) is 48.5 Å². The molecule has 0 aliphatic heterocycles. The van der Waals surface area contributed by atoms with Crippen LogP contribution >= 0.6 is 0 Å². The van der Waals surface area contributed by atoms with E-state index in [0.29, 0.717) is 0 Å². The summed E-state index contributed by atoms with van der Waals surface area (Å²) < 4.78 is 42.5. The highest BCUT2D eigenvalue weighted by atomic mass is 19.4. The first-order valence-corrected chi connectivity index (χ1v) is 8.20. The number of aliphatic hydroxyl groups excluding tert-OH is 2. The van der Waals surface area contributed by atoms with Gasteiger partial charge in [-0.2, -0.15) is 13.2 Å². The maximum absolute atomic E-state index is 12.5. The van der Waals surface area contributed by atoms with E-state index in [0.717, 1.165) is 23.8 Å². The Balaban J connectivity index is 1.89. The Morgan fingerprint density at radius 3 is 2.36 bits per heavy atom. The van der Waals surface area contributed by atoms with Crippen molar-refractivity contribution in [2.24, 2.45) is 0 Å². The van der Waals surface area contributed by atoms with E-state index >= 15 is 0 Å². The summed E-state index contributed by atoms with van der Waals surface area (Å²) in [5.41, 5.74) is -0.00193. The summed E-state index contributed by atoms with van der Waals surface area (Å²) in [5, 5.41) is 22.3. The molecule has 0 aromatic heterocycles. The van der Waals surface area contributed by atoms with E-state index in [9.17, 15) is 33.0 Å². The second-order valence-electron chi connectivity index (χ2n) is 5.91. The highest BCUT2D eigenvalue weighted by Crippen LogP contribution is 2.24. The van der Waals surface area contributed by atoms with Gasteiger partial charge in [0.2, 0.25) is 0 Å². The monoisotopic (exact) mass is 397 g/mol. The third-order valence-corrected chi connectivity index (χ3v) is 3.78. The maximum Gasteiger partial charge on any atom is 0.454 e. The minimum Gasteiger partial charge on any atom is -0.445 e. The summed E-state index contributed by atoms with van der Waals surface area (Å²) in [6.45, 7) is -0.404. The molecule has 6 nitrogen and oxygen atoms in total. The van der Waals surface area contributed by atoms with E-state index in [2.05, 4.69) is 5.32 Å². The molecule has 0 aliphatic carbocycles. The summed E-state index contributed by atoms with van der Waals surface area (Å²) in [6, 6.07) is 13.1. The molecule has 2 atom stereocenters. The highest BCUT2D eigenvalue weighted by Gasteiger charge is 2.39. The number of benzene rings is 2. The average Bonchev–Trinajstić information content (AvgIpc) is 2.69. The largest absolute Gasteiger partial charge is 0.454 e. The van der Waals surface area contributed by atoms with Crippen LogP contribution in [0.3, 0.4) is 0 Å². The van der Waals surface area contributed by atoms with Gasteiger partial charge < -0.3 is 20.3 Å². The Kier molecular flexibility index (Phi) is 7.13. The Hall–Kier alpha value is -2.91. The number of rotatable bonds is 7. The number of alkyl halides is 3. The minimum absolute atomic E-state index is 0.00687. The van der Waals surface area contributed by atoms with Gasteiger partial charge in [0.1, 0.15) is 18.8 Å². The SMILES string of the molecule is O=C(NCC(O)C(O)c1cccc(C(=O)C(F)(F)F)c1)OCc1ccccc1. The van der Waals surface area contributed by atoms with Crippen molar-refractivity contribution in [1.82, 2.24) is 5.32 Å². The molecule has 1 amide bonds. The van der Waals surface area contributed by atoms with E-state index < -0.39 is 42.4 Å². The Morgan fingerprint density at radius 1 is 1.04 bits per heavy atom. The van der Waals surface area contributed by atoms with E-state index in [1.807, 2.05) is 0 Å². The van der Waals surface area contributed by atoms with Crippen LogP contribution in [0.25, 0.3) is 0 Å². The lowest BCUT2D eigenvalue weighted by Crippen LogP contribution is -2.35. The molecule has 0 bridgehead atoms. The molecule has 2 aromatic carbocycles. The number of ketones is 1. The van der Waals surface area contributed by atoms with Gasteiger partial charge in [-0.3, -0.25) is 4.79 Å². The molecule has 0 radical (unpaired) electrons. The zero-order valence-electron chi connectivity index (χ0n) is 14.5. The standard InChI is InChI=1S/C19H18F3NO5/c20-19(21,22)17(26)14-8-4-7-13(9-14)16(25)15(24)10-23-18(27)28-11-12-5-2-1-3-6-12/h1-9,15-16,24-25H,10-11H2,(H,23,27). The van der Waals surface area contributed by atoms with Crippen LogP contribution in [0.15, 0.2) is 54.6 Å². The van der Waals surface area contributed by atoms with Gasteiger partial charge in [0.25, 0.3) is 5.78 Å². The van der Waals surface area contributed by atoms with Gasteiger partial charge in [0.05, 0.1) is 0 Å². The average molecular weight is 397 g/mol. The number of carbonyl (C=O) groups excluding carboxylic acids is 2. The van der Waals surface area contributed by atoms with Crippen LogP contribution in [0.5, 0.6) is 0 Å². The minimum atomic E-state index is -5.05. The first kappa shape index (κ1) is 21.4. The normalized spacial score (nSPS) is 13.5. The van der Waals surface area contributed by atoms with Crippen molar-refractivity contribution in [3.05, 3.63) is 71.3 Å². The Bertz CT molecular complexity index is 811. The zero-order chi connectivity index (χ0) is 20.7. The predicted octanol–water partition coefficient (Wildman–Crippen LogP) is 2.75.